The number of rotatable bonds is 5. The van der Waals surface area contributed by atoms with Crippen LogP contribution in [-0.4, -0.2) is 58.7 Å². The Labute approximate surface area is 135 Å². The number of likely N-dealkylation sites (tertiary alicyclic amines) is 1. The number of ether oxygens (including phenoxy) is 1. The number of aliphatic hydroxyl groups is 2. The van der Waals surface area contributed by atoms with Gasteiger partial charge in [-0.2, -0.15) is 0 Å². The minimum absolute atomic E-state index is 0.156. The normalized spacial score (nSPS) is 27.3. The maximum Gasteiger partial charge on any atom is 0.0993 e. The van der Waals surface area contributed by atoms with Crippen molar-refractivity contribution in [2.45, 2.75) is 37.3 Å². The molecule has 23 heavy (non-hydrogen) atoms. The molecule has 1 saturated heterocycles. The molecule has 2 heterocycles. The van der Waals surface area contributed by atoms with Gasteiger partial charge in [-0.25, -0.2) is 0 Å². The average Bonchev–Trinajstić information content (AvgIpc) is 2.97. The molecule has 1 aromatic carbocycles. The van der Waals surface area contributed by atoms with Gasteiger partial charge in [0.05, 0.1) is 19.4 Å². The van der Waals surface area contributed by atoms with E-state index >= 15 is 0 Å². The van der Waals surface area contributed by atoms with Gasteiger partial charge in [0.15, 0.2) is 0 Å². The number of β-amino-alcohol motifs (C(OH)–C–C–N with tert-alkyl or cyclic N) is 1. The number of nitrogens with zero attached hydrogens (tertiary/aromatic N) is 1. The standard InChI is InChI=1S/C18H24N2O3/c21-5-2-6-23-11-20-10-13(22)8-15-14-3-1-4-16-18(14)12(9-19-16)7-17(15)20/h1,3-4,9,13,15,17,19,21-22H,2,5-8,10-11H2/t13-,15?,17-/m1/s1. The Hall–Kier alpha value is -1.40. The molecule has 5 nitrogen and oxygen atoms in total. The third kappa shape index (κ3) is 2.68. The molecule has 2 aliphatic rings. The molecule has 0 spiro atoms. The molecule has 0 bridgehead atoms. The van der Waals surface area contributed by atoms with Crippen molar-refractivity contribution in [2.75, 3.05) is 26.5 Å². The molecule has 0 radical (unpaired) electrons. The number of benzene rings is 1. The molecule has 0 saturated carbocycles. The molecule has 4 rings (SSSR count). The van der Waals surface area contributed by atoms with E-state index in [1.165, 1.54) is 22.0 Å². The van der Waals surface area contributed by atoms with Crippen molar-refractivity contribution in [1.29, 1.82) is 0 Å². The number of aliphatic hydroxyl groups excluding tert-OH is 2. The summed E-state index contributed by atoms with van der Waals surface area (Å²) in [5, 5.41) is 20.5. The van der Waals surface area contributed by atoms with Crippen LogP contribution in [0.4, 0.5) is 0 Å². The van der Waals surface area contributed by atoms with Gasteiger partial charge in [0.2, 0.25) is 0 Å². The van der Waals surface area contributed by atoms with Gasteiger partial charge in [-0.15, -0.1) is 0 Å². The number of fused-ring (bicyclic) bond motifs is 2. The number of aromatic nitrogens is 1. The van der Waals surface area contributed by atoms with E-state index in [9.17, 15) is 5.11 Å². The third-order valence-electron chi connectivity index (χ3n) is 5.26. The van der Waals surface area contributed by atoms with Gasteiger partial charge >= 0.3 is 0 Å². The molecule has 3 atom stereocenters. The summed E-state index contributed by atoms with van der Waals surface area (Å²) in [6, 6.07) is 6.81. The molecule has 1 aliphatic carbocycles. The molecular formula is C18H24N2O3. The number of hydrogen-bond acceptors (Lipinski definition) is 4. The summed E-state index contributed by atoms with van der Waals surface area (Å²) < 4.78 is 5.70. The van der Waals surface area contributed by atoms with E-state index in [0.717, 1.165) is 12.8 Å². The predicted molar refractivity (Wildman–Crippen MR) is 88.4 cm³/mol. The molecule has 1 unspecified atom stereocenters. The Balaban J connectivity index is 1.60. The van der Waals surface area contributed by atoms with Gasteiger partial charge in [-0.05, 0) is 36.5 Å². The molecule has 3 N–H and O–H groups in total. The zero-order valence-electron chi connectivity index (χ0n) is 13.2. The fraction of sp³-hybridized carbons (Fsp3) is 0.556. The SMILES string of the molecule is OCCCOCN1C[C@H](O)CC2c3cccc4[nH]cc(c34)C[C@H]21. The largest absolute Gasteiger partial charge is 0.396 e. The second kappa shape index (κ2) is 6.24. The molecule has 2 aromatic rings. The average molecular weight is 316 g/mol. The minimum Gasteiger partial charge on any atom is -0.396 e. The first-order valence-corrected chi connectivity index (χ1v) is 8.47. The topological polar surface area (TPSA) is 68.7 Å². The van der Waals surface area contributed by atoms with Crippen LogP contribution >= 0.6 is 0 Å². The summed E-state index contributed by atoms with van der Waals surface area (Å²) in [5.41, 5.74) is 3.92. The lowest BCUT2D eigenvalue weighted by molar-refractivity contribution is -0.0557. The quantitative estimate of drug-likeness (QED) is 0.733. The van der Waals surface area contributed by atoms with Gasteiger partial charge in [-0.3, -0.25) is 4.90 Å². The van der Waals surface area contributed by atoms with Crippen molar-refractivity contribution in [3.63, 3.8) is 0 Å². The smallest absolute Gasteiger partial charge is 0.0993 e. The van der Waals surface area contributed by atoms with Crippen LogP contribution in [0.15, 0.2) is 24.4 Å². The van der Waals surface area contributed by atoms with Crippen molar-refractivity contribution in [2.24, 2.45) is 0 Å². The highest BCUT2D eigenvalue weighted by Gasteiger charge is 2.40. The Morgan fingerprint density at radius 2 is 2.26 bits per heavy atom. The minimum atomic E-state index is -0.312. The Bertz CT molecular complexity index is 684. The summed E-state index contributed by atoms with van der Waals surface area (Å²) >= 11 is 0. The van der Waals surface area contributed by atoms with E-state index in [0.29, 0.717) is 38.3 Å². The van der Waals surface area contributed by atoms with Crippen molar-refractivity contribution in [1.82, 2.24) is 9.88 Å². The maximum atomic E-state index is 10.3. The Kier molecular flexibility index (Phi) is 4.11. The highest BCUT2D eigenvalue weighted by Crippen LogP contribution is 2.43. The van der Waals surface area contributed by atoms with Crippen molar-refractivity contribution in [3.8, 4) is 0 Å². The van der Waals surface area contributed by atoms with Crippen LogP contribution in [0.1, 0.15) is 29.9 Å². The van der Waals surface area contributed by atoms with E-state index in [4.69, 9.17) is 9.84 Å². The predicted octanol–water partition coefficient (Wildman–Crippen LogP) is 1.60. The lowest BCUT2D eigenvalue weighted by Crippen LogP contribution is -2.52. The molecular weight excluding hydrogens is 292 g/mol. The highest BCUT2D eigenvalue weighted by atomic mass is 16.5. The number of nitrogens with one attached hydrogen (secondary N) is 1. The summed E-state index contributed by atoms with van der Waals surface area (Å²) in [5.74, 6) is 0.354. The highest BCUT2D eigenvalue weighted by molar-refractivity contribution is 5.88. The van der Waals surface area contributed by atoms with Gasteiger partial charge in [0.25, 0.3) is 0 Å². The van der Waals surface area contributed by atoms with E-state index in [1.807, 2.05) is 0 Å². The van der Waals surface area contributed by atoms with Crippen molar-refractivity contribution in [3.05, 3.63) is 35.5 Å². The number of hydrogen-bond donors (Lipinski definition) is 3. The van der Waals surface area contributed by atoms with E-state index < -0.39 is 0 Å². The fourth-order valence-electron chi connectivity index (χ4n) is 4.27. The van der Waals surface area contributed by atoms with Gasteiger partial charge in [-0.1, -0.05) is 12.1 Å². The van der Waals surface area contributed by atoms with Crippen molar-refractivity contribution >= 4 is 10.9 Å². The van der Waals surface area contributed by atoms with E-state index in [-0.39, 0.29) is 12.7 Å². The summed E-state index contributed by atoms with van der Waals surface area (Å²) in [6.07, 6.45) is 4.29. The first kappa shape index (κ1) is 15.1. The van der Waals surface area contributed by atoms with Crippen LogP contribution in [-0.2, 0) is 11.2 Å². The molecule has 5 heteroatoms. The summed E-state index contributed by atoms with van der Waals surface area (Å²) in [7, 11) is 0. The molecule has 1 aliphatic heterocycles. The first-order chi connectivity index (χ1) is 11.3. The van der Waals surface area contributed by atoms with Crippen molar-refractivity contribution < 1.29 is 14.9 Å². The van der Waals surface area contributed by atoms with Crippen LogP contribution in [0.5, 0.6) is 0 Å². The number of piperidine rings is 1. The van der Waals surface area contributed by atoms with Gasteiger partial charge < -0.3 is 19.9 Å². The monoisotopic (exact) mass is 316 g/mol. The third-order valence-corrected chi connectivity index (χ3v) is 5.26. The van der Waals surface area contributed by atoms with Crippen LogP contribution in [0.2, 0.25) is 0 Å². The lowest BCUT2D eigenvalue weighted by Gasteiger charge is -2.45. The molecule has 0 amide bonds. The fourth-order valence-corrected chi connectivity index (χ4v) is 4.27. The van der Waals surface area contributed by atoms with E-state index in [1.54, 1.807) is 0 Å². The second-order valence-electron chi connectivity index (χ2n) is 6.74. The molecule has 1 aromatic heterocycles. The van der Waals surface area contributed by atoms with Gasteiger partial charge in [0.1, 0.15) is 0 Å². The zero-order valence-corrected chi connectivity index (χ0v) is 13.2. The lowest BCUT2D eigenvalue weighted by atomic mass is 9.74. The summed E-state index contributed by atoms with van der Waals surface area (Å²) in [4.78, 5) is 5.64. The Morgan fingerprint density at radius 1 is 1.35 bits per heavy atom. The second-order valence-corrected chi connectivity index (χ2v) is 6.74. The van der Waals surface area contributed by atoms with Crippen LogP contribution in [0.3, 0.4) is 0 Å². The number of aromatic amines is 1. The first-order valence-electron chi connectivity index (χ1n) is 8.47. The molecule has 1 fully saturated rings. The molecule has 124 valence electrons. The van der Waals surface area contributed by atoms with E-state index in [2.05, 4.69) is 34.3 Å². The van der Waals surface area contributed by atoms with Crippen LogP contribution in [0.25, 0.3) is 10.9 Å². The Morgan fingerprint density at radius 3 is 3.13 bits per heavy atom. The zero-order chi connectivity index (χ0) is 15.8. The summed E-state index contributed by atoms with van der Waals surface area (Å²) in [6.45, 7) is 1.90. The number of H-pyrrole nitrogens is 1. The van der Waals surface area contributed by atoms with Crippen LogP contribution < -0.4 is 0 Å². The maximum absolute atomic E-state index is 10.3. The van der Waals surface area contributed by atoms with Crippen LogP contribution in [0, 0.1) is 0 Å². The van der Waals surface area contributed by atoms with Gasteiger partial charge in [0, 0.05) is 42.2 Å².